The maximum Gasteiger partial charge on any atom is 0.280 e. The fraction of sp³-hybridized carbons (Fsp3) is 0.529. The average molecular weight is 686 g/mol. The van der Waals surface area contributed by atoms with E-state index in [0.29, 0.717) is 32.0 Å². The second kappa shape index (κ2) is 15.6. The SMILES string of the molecule is C[C@@H]1CCCCO[C@H](CN(C)Cc2ccc3c(c2)OCO3)[C@H](C)CN([C@@H](C)CO)C(=O)c2cc(NS(=O)(=O)c3cn(C)cn3)ccc2O1. The van der Waals surface area contributed by atoms with Gasteiger partial charge in [0, 0.05) is 51.1 Å². The third kappa shape index (κ3) is 8.78. The number of likely N-dealkylation sites (N-methyl/N-ethyl adjacent to an activating group) is 1. The van der Waals surface area contributed by atoms with Crippen LogP contribution in [0.4, 0.5) is 5.69 Å². The van der Waals surface area contributed by atoms with Gasteiger partial charge in [0.25, 0.3) is 15.9 Å². The number of amides is 1. The van der Waals surface area contributed by atoms with Gasteiger partial charge in [0.2, 0.25) is 6.79 Å². The molecule has 0 aliphatic carbocycles. The van der Waals surface area contributed by atoms with Crippen LogP contribution in [0.1, 0.15) is 56.0 Å². The van der Waals surface area contributed by atoms with Crippen LogP contribution in [0.15, 0.2) is 53.9 Å². The van der Waals surface area contributed by atoms with Gasteiger partial charge in [0.05, 0.1) is 36.7 Å². The molecule has 48 heavy (non-hydrogen) atoms. The number of carbonyl (C=O) groups excluding carboxylic acids is 1. The molecule has 4 atom stereocenters. The van der Waals surface area contributed by atoms with Crippen molar-refractivity contribution in [1.29, 1.82) is 0 Å². The molecule has 0 unspecified atom stereocenters. The highest BCUT2D eigenvalue weighted by molar-refractivity contribution is 7.92. The van der Waals surface area contributed by atoms with Gasteiger partial charge in [0.1, 0.15) is 5.75 Å². The quantitative estimate of drug-likeness (QED) is 0.341. The number of ether oxygens (including phenoxy) is 4. The van der Waals surface area contributed by atoms with Crippen molar-refractivity contribution in [3.8, 4) is 17.2 Å². The molecular formula is C34H47N5O8S. The van der Waals surface area contributed by atoms with Gasteiger partial charge in [-0.15, -0.1) is 0 Å². The molecule has 0 fully saturated rings. The summed E-state index contributed by atoms with van der Waals surface area (Å²) >= 11 is 0. The number of anilines is 1. The van der Waals surface area contributed by atoms with Gasteiger partial charge in [0.15, 0.2) is 16.5 Å². The Bertz CT molecular complexity index is 1660. The standard InChI is InChI=1S/C34H47N5O8S/c1-23-16-39(24(2)20-40)34(41)28-15-27(36-48(42,43)33-19-38(5)21-35-33)10-12-29(28)47-25(3)8-6-7-13-44-32(23)18-37(4)17-26-9-11-30-31(14-26)46-22-45-30/h9-12,14-15,19,21,23-25,32,36,40H,6-8,13,16-18,20,22H2,1-5H3/t23-,24+,25-,32-/m1/s1. The number of nitrogens with zero attached hydrogens (tertiary/aromatic N) is 4. The van der Waals surface area contributed by atoms with E-state index in [9.17, 15) is 18.3 Å². The number of hydrogen-bond donors (Lipinski definition) is 2. The van der Waals surface area contributed by atoms with E-state index in [2.05, 4.69) is 14.6 Å². The molecule has 1 amide bonds. The monoisotopic (exact) mass is 685 g/mol. The summed E-state index contributed by atoms with van der Waals surface area (Å²) < 4.78 is 54.0. The Morgan fingerprint density at radius 3 is 2.62 bits per heavy atom. The van der Waals surface area contributed by atoms with Crippen LogP contribution in [0.5, 0.6) is 17.2 Å². The maximum atomic E-state index is 14.4. The van der Waals surface area contributed by atoms with E-state index in [4.69, 9.17) is 18.9 Å². The van der Waals surface area contributed by atoms with Crippen molar-refractivity contribution in [1.82, 2.24) is 19.4 Å². The van der Waals surface area contributed by atoms with E-state index >= 15 is 0 Å². The Morgan fingerprint density at radius 2 is 1.88 bits per heavy atom. The van der Waals surface area contributed by atoms with Gasteiger partial charge in [-0.2, -0.15) is 8.42 Å². The van der Waals surface area contributed by atoms with E-state index in [1.54, 1.807) is 31.0 Å². The molecule has 13 nitrogen and oxygen atoms in total. The first-order chi connectivity index (χ1) is 22.9. The van der Waals surface area contributed by atoms with Gasteiger partial charge >= 0.3 is 0 Å². The summed E-state index contributed by atoms with van der Waals surface area (Å²) in [4.78, 5) is 22.2. The highest BCUT2D eigenvalue weighted by Crippen LogP contribution is 2.33. The van der Waals surface area contributed by atoms with Crippen molar-refractivity contribution in [2.45, 2.75) is 69.9 Å². The summed E-state index contributed by atoms with van der Waals surface area (Å²) in [5, 5.41) is 10.1. The molecule has 0 bridgehead atoms. The largest absolute Gasteiger partial charge is 0.490 e. The number of aliphatic hydroxyl groups excluding tert-OH is 1. The lowest BCUT2D eigenvalue weighted by molar-refractivity contribution is -0.0177. The lowest BCUT2D eigenvalue weighted by atomic mass is 10.0. The van der Waals surface area contributed by atoms with Crippen molar-refractivity contribution < 1.29 is 37.3 Å². The number of sulfonamides is 1. The Hall–Kier alpha value is -3.85. The molecule has 0 saturated heterocycles. The Balaban J connectivity index is 1.40. The van der Waals surface area contributed by atoms with Gasteiger partial charge in [-0.1, -0.05) is 13.0 Å². The van der Waals surface area contributed by atoms with E-state index in [0.717, 1.165) is 36.3 Å². The number of hydrogen-bond acceptors (Lipinski definition) is 10. The summed E-state index contributed by atoms with van der Waals surface area (Å²) in [5.41, 5.74) is 1.48. The van der Waals surface area contributed by atoms with Gasteiger partial charge in [-0.3, -0.25) is 14.4 Å². The minimum absolute atomic E-state index is 0.112. The van der Waals surface area contributed by atoms with E-state index in [1.165, 1.54) is 23.2 Å². The van der Waals surface area contributed by atoms with Crippen molar-refractivity contribution in [3.05, 3.63) is 60.0 Å². The highest BCUT2D eigenvalue weighted by Gasteiger charge is 2.31. The third-order valence-electron chi connectivity index (χ3n) is 8.64. The zero-order valence-electron chi connectivity index (χ0n) is 28.3. The smallest absolute Gasteiger partial charge is 0.280 e. The summed E-state index contributed by atoms with van der Waals surface area (Å²) in [5.74, 6) is 1.34. The molecule has 262 valence electrons. The molecule has 2 aromatic carbocycles. The van der Waals surface area contributed by atoms with Crippen molar-refractivity contribution in [3.63, 3.8) is 0 Å². The first kappa shape index (κ1) is 35.5. The molecule has 14 heteroatoms. The van der Waals surface area contributed by atoms with Crippen molar-refractivity contribution in [2.24, 2.45) is 13.0 Å². The predicted octanol–water partition coefficient (Wildman–Crippen LogP) is 3.88. The van der Waals surface area contributed by atoms with Crippen LogP contribution >= 0.6 is 0 Å². The topological polar surface area (TPSA) is 145 Å². The zero-order valence-corrected chi connectivity index (χ0v) is 29.1. The summed E-state index contributed by atoms with van der Waals surface area (Å²) in [6.45, 7) is 7.88. The fourth-order valence-electron chi connectivity index (χ4n) is 5.91. The van der Waals surface area contributed by atoms with Crippen LogP contribution < -0.4 is 18.9 Å². The normalized spacial score (nSPS) is 21.4. The van der Waals surface area contributed by atoms with E-state index in [1.807, 2.05) is 39.1 Å². The molecule has 2 N–H and O–H groups in total. The molecule has 1 aromatic heterocycles. The number of nitrogens with one attached hydrogen (secondary N) is 1. The van der Waals surface area contributed by atoms with Crippen LogP contribution in [0.2, 0.25) is 0 Å². The van der Waals surface area contributed by atoms with Crippen molar-refractivity contribution in [2.75, 3.05) is 44.9 Å². The summed E-state index contributed by atoms with van der Waals surface area (Å²) in [6.07, 6.45) is 4.84. The number of benzene rings is 2. The molecule has 0 spiro atoms. The molecular weight excluding hydrogens is 638 g/mol. The second-order valence-electron chi connectivity index (χ2n) is 12.9. The first-order valence-corrected chi connectivity index (χ1v) is 17.8. The number of aliphatic hydroxyl groups is 1. The third-order valence-corrected chi connectivity index (χ3v) is 9.91. The minimum Gasteiger partial charge on any atom is -0.490 e. The molecule has 0 saturated carbocycles. The highest BCUT2D eigenvalue weighted by atomic mass is 32.2. The fourth-order valence-corrected chi connectivity index (χ4v) is 6.94. The second-order valence-corrected chi connectivity index (χ2v) is 14.5. The maximum absolute atomic E-state index is 14.4. The predicted molar refractivity (Wildman–Crippen MR) is 180 cm³/mol. The summed E-state index contributed by atoms with van der Waals surface area (Å²) in [7, 11) is -0.290. The molecule has 0 radical (unpaired) electrons. The van der Waals surface area contributed by atoms with Gasteiger partial charge in [-0.05, 0) is 76.1 Å². The van der Waals surface area contributed by atoms with Crippen LogP contribution in [0, 0.1) is 5.92 Å². The number of carbonyl (C=O) groups is 1. The van der Waals surface area contributed by atoms with Crippen LogP contribution in [-0.4, -0.2) is 97.2 Å². The Kier molecular flexibility index (Phi) is 11.5. The lowest BCUT2D eigenvalue weighted by Gasteiger charge is -2.36. The van der Waals surface area contributed by atoms with Crippen LogP contribution in [0.3, 0.4) is 0 Å². The van der Waals surface area contributed by atoms with Gasteiger partial charge < -0.3 is 33.5 Å². The Morgan fingerprint density at radius 1 is 1.10 bits per heavy atom. The number of aromatic nitrogens is 2. The Labute approximate surface area is 282 Å². The molecule has 3 heterocycles. The van der Waals surface area contributed by atoms with Crippen LogP contribution in [-0.2, 0) is 28.4 Å². The zero-order chi connectivity index (χ0) is 34.4. The number of rotatable bonds is 9. The minimum atomic E-state index is -4.01. The van der Waals surface area contributed by atoms with Gasteiger partial charge in [-0.25, -0.2) is 4.98 Å². The molecule has 2 aliphatic rings. The van der Waals surface area contributed by atoms with E-state index in [-0.39, 0.29) is 53.7 Å². The molecule has 5 rings (SSSR count). The molecule has 2 aliphatic heterocycles. The van der Waals surface area contributed by atoms with E-state index < -0.39 is 16.1 Å². The summed E-state index contributed by atoms with van der Waals surface area (Å²) in [6, 6.07) is 10.1. The number of imidazole rings is 1. The molecule has 3 aromatic rings. The number of fused-ring (bicyclic) bond motifs is 2. The first-order valence-electron chi connectivity index (χ1n) is 16.4. The average Bonchev–Trinajstić information content (AvgIpc) is 3.71. The lowest BCUT2D eigenvalue weighted by Crippen LogP contribution is -2.47. The number of aryl methyl sites for hydroxylation is 1. The van der Waals surface area contributed by atoms with Crippen LogP contribution in [0.25, 0.3) is 0 Å². The van der Waals surface area contributed by atoms with Crippen molar-refractivity contribution >= 4 is 21.6 Å².